The van der Waals surface area contributed by atoms with Crippen molar-refractivity contribution in [1.82, 2.24) is 0 Å². The molecule has 2 aromatic rings. The van der Waals surface area contributed by atoms with E-state index in [1.807, 2.05) is 0 Å². The van der Waals surface area contributed by atoms with Crippen LogP contribution in [0.1, 0.15) is 33.4 Å². The summed E-state index contributed by atoms with van der Waals surface area (Å²) in [6, 6.07) is 9.05. The van der Waals surface area contributed by atoms with Gasteiger partial charge < -0.3 is 4.70 Å². The van der Waals surface area contributed by atoms with Crippen molar-refractivity contribution in [2.45, 2.75) is 41.5 Å². The zero-order chi connectivity index (χ0) is 14.2. The first kappa shape index (κ1) is 16.5. The van der Waals surface area contributed by atoms with Crippen LogP contribution in [0.3, 0.4) is 0 Å². The van der Waals surface area contributed by atoms with Crippen molar-refractivity contribution in [1.29, 1.82) is 0 Å². The van der Waals surface area contributed by atoms with E-state index in [-0.39, 0.29) is 4.70 Å². The Morgan fingerprint density at radius 1 is 0.550 bits per heavy atom. The van der Waals surface area contributed by atoms with Gasteiger partial charge in [0.2, 0.25) is 0 Å². The fourth-order valence-electron chi connectivity index (χ4n) is 2.98. The predicted molar refractivity (Wildman–Crippen MR) is 86.3 cm³/mol. The Bertz CT molecular complexity index is 528. The van der Waals surface area contributed by atoms with Crippen molar-refractivity contribution < 1.29 is 4.70 Å². The molecule has 0 nitrogen and oxygen atoms in total. The molecule has 2 aromatic carbocycles. The first-order valence-corrected chi connectivity index (χ1v) is 6.89. The molecule has 0 saturated heterocycles. The summed E-state index contributed by atoms with van der Waals surface area (Å²) >= 11 is 0. The summed E-state index contributed by atoms with van der Waals surface area (Å²) < 4.78 is 0. The van der Waals surface area contributed by atoms with Gasteiger partial charge in [-0.15, -0.1) is 0 Å². The molecule has 0 fully saturated rings. The smallest absolute Gasteiger partial charge is 1.00 e. The maximum Gasteiger partial charge on any atom is -1.00 e. The zero-order valence-corrected chi connectivity index (χ0v) is 13.3. The minimum absolute atomic E-state index is 0. The molecule has 0 unspecified atom stereocenters. The molecular formula is C18H22BF. The molecule has 104 valence electrons. The van der Waals surface area contributed by atoms with E-state index in [4.69, 9.17) is 0 Å². The third-order valence-corrected chi connectivity index (χ3v) is 3.76. The molecule has 0 aliphatic rings. The first-order valence-electron chi connectivity index (χ1n) is 6.89. The SMILES string of the molecule is Cc1cc(C)c([B+]c2c(C)cc(C)cc2C)c(C)c1.[F-]. The maximum atomic E-state index is 2.34. The fourth-order valence-corrected chi connectivity index (χ4v) is 2.98. The topological polar surface area (TPSA) is 0 Å². The Morgan fingerprint density at radius 3 is 1.05 bits per heavy atom. The number of hydrogen-bond acceptors (Lipinski definition) is 0. The van der Waals surface area contributed by atoms with Gasteiger partial charge in [0.05, 0.1) is 0 Å². The average molecular weight is 268 g/mol. The summed E-state index contributed by atoms with van der Waals surface area (Å²) in [7, 11) is 2.34. The van der Waals surface area contributed by atoms with Gasteiger partial charge in [-0.05, 0) is 0 Å². The summed E-state index contributed by atoms with van der Waals surface area (Å²) in [5, 5.41) is 0. The third-order valence-electron chi connectivity index (χ3n) is 3.76. The Labute approximate surface area is 122 Å². The van der Waals surface area contributed by atoms with Gasteiger partial charge in [-0.1, -0.05) is 0 Å². The molecule has 0 aliphatic carbocycles. The van der Waals surface area contributed by atoms with Crippen molar-refractivity contribution in [3.05, 3.63) is 57.6 Å². The van der Waals surface area contributed by atoms with E-state index in [0.717, 1.165) is 0 Å². The standard InChI is InChI=1S/C18H22B.FH/c1-11-7-13(3)17(14(4)8-11)19-18-15(5)9-12(2)10-16(18)6;/h7-10H,1-6H3;1H/q+1;/p-1. The molecule has 0 N–H and O–H groups in total. The molecule has 0 atom stereocenters. The van der Waals surface area contributed by atoms with E-state index in [1.165, 1.54) is 44.3 Å². The van der Waals surface area contributed by atoms with Crippen LogP contribution in [-0.4, -0.2) is 7.28 Å². The monoisotopic (exact) mass is 268 g/mol. The fraction of sp³-hybridized carbons (Fsp3) is 0.333. The number of benzene rings is 2. The summed E-state index contributed by atoms with van der Waals surface area (Å²) in [6.45, 7) is 13.1. The molecule has 2 heteroatoms. The normalized spacial score (nSPS) is 9.90. The first-order chi connectivity index (χ1) is 8.88. The molecule has 0 radical (unpaired) electrons. The van der Waals surface area contributed by atoms with Crippen molar-refractivity contribution in [2.75, 3.05) is 0 Å². The number of hydrogen-bond donors (Lipinski definition) is 0. The molecule has 20 heavy (non-hydrogen) atoms. The average Bonchev–Trinajstić information content (AvgIpc) is 2.25. The van der Waals surface area contributed by atoms with Crippen LogP contribution in [0.4, 0.5) is 0 Å². The van der Waals surface area contributed by atoms with E-state index >= 15 is 0 Å². The van der Waals surface area contributed by atoms with Crippen molar-refractivity contribution in [3.63, 3.8) is 0 Å². The third kappa shape index (κ3) is 3.30. The molecule has 0 aliphatic heterocycles. The Morgan fingerprint density at radius 2 is 0.800 bits per heavy atom. The molecule has 2 rings (SSSR count). The second-order valence-electron chi connectivity index (χ2n) is 5.77. The van der Waals surface area contributed by atoms with E-state index in [9.17, 15) is 0 Å². The summed E-state index contributed by atoms with van der Waals surface area (Å²) in [5.74, 6) is 0. The second-order valence-corrected chi connectivity index (χ2v) is 5.77. The van der Waals surface area contributed by atoms with Gasteiger partial charge in [-0.3, -0.25) is 0 Å². The molecule has 0 aromatic heterocycles. The molecule has 0 spiro atoms. The molecule has 0 saturated carbocycles. The van der Waals surface area contributed by atoms with Gasteiger partial charge in [-0.2, -0.15) is 0 Å². The van der Waals surface area contributed by atoms with Gasteiger partial charge in [0.15, 0.2) is 0 Å². The van der Waals surface area contributed by atoms with Gasteiger partial charge >= 0.3 is 117 Å². The van der Waals surface area contributed by atoms with Crippen LogP contribution in [0.25, 0.3) is 0 Å². The van der Waals surface area contributed by atoms with Crippen molar-refractivity contribution in [3.8, 4) is 0 Å². The van der Waals surface area contributed by atoms with Crippen LogP contribution in [0.5, 0.6) is 0 Å². The van der Waals surface area contributed by atoms with E-state index < -0.39 is 0 Å². The van der Waals surface area contributed by atoms with Crippen LogP contribution < -0.4 is 15.6 Å². The van der Waals surface area contributed by atoms with Gasteiger partial charge in [0.25, 0.3) is 0 Å². The van der Waals surface area contributed by atoms with Crippen LogP contribution in [0.15, 0.2) is 24.3 Å². The molecule has 0 bridgehead atoms. The summed E-state index contributed by atoms with van der Waals surface area (Å²) in [6.07, 6.45) is 0. The Kier molecular flexibility index (Phi) is 5.16. The van der Waals surface area contributed by atoms with Crippen LogP contribution in [-0.2, 0) is 0 Å². The maximum absolute atomic E-state index is 2.34. The molecule has 0 amide bonds. The van der Waals surface area contributed by atoms with E-state index in [2.05, 4.69) is 73.1 Å². The van der Waals surface area contributed by atoms with Crippen molar-refractivity contribution >= 4 is 18.2 Å². The number of halogens is 1. The van der Waals surface area contributed by atoms with Gasteiger partial charge in [-0.25, -0.2) is 0 Å². The largest absolute Gasteiger partial charge is 1.00 e. The Hall–Kier alpha value is -1.57. The van der Waals surface area contributed by atoms with Gasteiger partial charge in [0, 0.05) is 0 Å². The van der Waals surface area contributed by atoms with Crippen LogP contribution >= 0.6 is 0 Å². The summed E-state index contributed by atoms with van der Waals surface area (Å²) in [4.78, 5) is 0. The van der Waals surface area contributed by atoms with E-state index in [0.29, 0.717) is 0 Å². The quantitative estimate of drug-likeness (QED) is 0.682. The Balaban J connectivity index is 0.00000200. The minimum atomic E-state index is 0. The zero-order valence-electron chi connectivity index (χ0n) is 13.3. The van der Waals surface area contributed by atoms with E-state index in [1.54, 1.807) is 0 Å². The predicted octanol–water partition coefficient (Wildman–Crippen LogP) is 0.196. The van der Waals surface area contributed by atoms with Gasteiger partial charge in [0.1, 0.15) is 0 Å². The minimum Gasteiger partial charge on any atom is -1.00 e. The number of aryl methyl sites for hydroxylation is 6. The number of rotatable bonds is 2. The molecule has 0 heterocycles. The van der Waals surface area contributed by atoms with Crippen molar-refractivity contribution in [2.24, 2.45) is 0 Å². The van der Waals surface area contributed by atoms with Crippen LogP contribution in [0.2, 0.25) is 0 Å². The van der Waals surface area contributed by atoms with Crippen LogP contribution in [0, 0.1) is 41.5 Å². The summed E-state index contributed by atoms with van der Waals surface area (Å²) in [5.41, 5.74) is 10.8. The molecular weight excluding hydrogens is 246 g/mol. The second kappa shape index (κ2) is 6.26.